The van der Waals surface area contributed by atoms with Crippen molar-refractivity contribution in [1.82, 2.24) is 14.7 Å². The molecular formula is C10H21N5O. The first-order valence-corrected chi connectivity index (χ1v) is 5.26. The van der Waals surface area contributed by atoms with Crippen LogP contribution < -0.4 is 11.3 Å². The summed E-state index contributed by atoms with van der Waals surface area (Å²) in [7, 11) is 5.63. The number of nitrogen functional groups attached to an aromatic ring is 1. The summed E-state index contributed by atoms with van der Waals surface area (Å²) in [5.74, 6) is 6.35. The number of ether oxygens (including phenoxy) is 1. The summed E-state index contributed by atoms with van der Waals surface area (Å²) in [6, 6.07) is 0. The number of nitrogens with one attached hydrogen (secondary N) is 1. The molecule has 6 heteroatoms. The van der Waals surface area contributed by atoms with Crippen molar-refractivity contribution < 1.29 is 4.74 Å². The number of anilines is 1. The molecule has 0 atom stereocenters. The van der Waals surface area contributed by atoms with Gasteiger partial charge in [-0.2, -0.15) is 5.10 Å². The third-order valence-corrected chi connectivity index (χ3v) is 2.59. The predicted molar refractivity (Wildman–Crippen MR) is 64.0 cm³/mol. The lowest BCUT2D eigenvalue weighted by molar-refractivity contribution is 0.158. The van der Waals surface area contributed by atoms with Crippen LogP contribution in [0, 0.1) is 6.92 Å². The van der Waals surface area contributed by atoms with Gasteiger partial charge >= 0.3 is 0 Å². The molecule has 0 fully saturated rings. The second-order valence-electron chi connectivity index (χ2n) is 3.91. The molecular weight excluding hydrogens is 206 g/mol. The van der Waals surface area contributed by atoms with Crippen molar-refractivity contribution in [3.05, 3.63) is 11.3 Å². The maximum Gasteiger partial charge on any atom is 0.142 e. The van der Waals surface area contributed by atoms with Crippen molar-refractivity contribution in [2.75, 3.05) is 32.7 Å². The summed E-state index contributed by atoms with van der Waals surface area (Å²) < 4.78 is 6.80. The summed E-state index contributed by atoms with van der Waals surface area (Å²) >= 11 is 0. The van der Waals surface area contributed by atoms with Crippen molar-refractivity contribution in [2.24, 2.45) is 12.9 Å². The van der Waals surface area contributed by atoms with Crippen molar-refractivity contribution in [3.8, 4) is 0 Å². The van der Waals surface area contributed by atoms with E-state index in [2.05, 4.69) is 15.4 Å². The molecule has 0 saturated heterocycles. The summed E-state index contributed by atoms with van der Waals surface area (Å²) in [6.45, 7) is 4.40. The average molecular weight is 227 g/mol. The van der Waals surface area contributed by atoms with Crippen LogP contribution in [0.15, 0.2) is 0 Å². The lowest BCUT2D eigenvalue weighted by Crippen LogP contribution is -2.23. The Morgan fingerprint density at radius 1 is 1.56 bits per heavy atom. The number of aryl methyl sites for hydroxylation is 2. The number of aromatic nitrogens is 2. The molecule has 0 aliphatic rings. The highest BCUT2D eigenvalue weighted by atomic mass is 16.5. The summed E-state index contributed by atoms with van der Waals surface area (Å²) in [5.41, 5.74) is 4.82. The molecule has 6 nitrogen and oxygen atoms in total. The first-order valence-electron chi connectivity index (χ1n) is 5.26. The molecule has 3 N–H and O–H groups in total. The van der Waals surface area contributed by atoms with Gasteiger partial charge in [-0.25, -0.2) is 5.84 Å². The second kappa shape index (κ2) is 5.83. The maximum atomic E-state index is 5.49. The maximum absolute atomic E-state index is 5.49. The molecule has 0 radical (unpaired) electrons. The summed E-state index contributed by atoms with van der Waals surface area (Å²) in [4.78, 5) is 2.17. The molecule has 1 rings (SSSR count). The van der Waals surface area contributed by atoms with Crippen molar-refractivity contribution in [1.29, 1.82) is 0 Å². The predicted octanol–water partition coefficient (Wildman–Crippen LogP) is 0.0923. The minimum absolute atomic E-state index is 0.723. The Hall–Kier alpha value is -1.11. The van der Waals surface area contributed by atoms with Gasteiger partial charge in [-0.05, 0) is 14.0 Å². The van der Waals surface area contributed by atoms with E-state index in [1.54, 1.807) is 11.8 Å². The van der Waals surface area contributed by atoms with Gasteiger partial charge in [0.25, 0.3) is 0 Å². The zero-order valence-corrected chi connectivity index (χ0v) is 10.4. The van der Waals surface area contributed by atoms with Crippen molar-refractivity contribution in [2.45, 2.75) is 13.5 Å². The monoisotopic (exact) mass is 227 g/mol. The number of hydrazine groups is 1. The van der Waals surface area contributed by atoms with Crippen LogP contribution in [0.5, 0.6) is 0 Å². The molecule has 0 amide bonds. The van der Waals surface area contributed by atoms with Gasteiger partial charge in [0.05, 0.1) is 12.3 Å². The minimum atomic E-state index is 0.723. The highest BCUT2D eigenvalue weighted by Crippen LogP contribution is 2.18. The van der Waals surface area contributed by atoms with Gasteiger partial charge < -0.3 is 10.2 Å². The standard InChI is InChI=1S/C10H21N5O/c1-8-9(7-14(2)5-6-16-4)10(12-11)15(3)13-8/h12H,5-7,11H2,1-4H3. The SMILES string of the molecule is COCCN(C)Cc1c(C)nn(C)c1NN. The Balaban J connectivity index is 2.72. The van der Waals surface area contributed by atoms with Crippen LogP contribution in [-0.4, -0.2) is 42.0 Å². The fourth-order valence-electron chi connectivity index (χ4n) is 1.67. The molecule has 1 aromatic rings. The van der Waals surface area contributed by atoms with Crippen molar-refractivity contribution in [3.63, 3.8) is 0 Å². The third kappa shape index (κ3) is 2.94. The smallest absolute Gasteiger partial charge is 0.142 e. The number of hydrogen-bond acceptors (Lipinski definition) is 5. The van der Waals surface area contributed by atoms with E-state index in [0.717, 1.165) is 36.8 Å². The van der Waals surface area contributed by atoms with E-state index in [0.29, 0.717) is 0 Å². The average Bonchev–Trinajstić information content (AvgIpc) is 2.50. The molecule has 0 spiro atoms. The van der Waals surface area contributed by atoms with E-state index in [1.165, 1.54) is 0 Å². The van der Waals surface area contributed by atoms with Gasteiger partial charge in [-0.15, -0.1) is 0 Å². The summed E-state index contributed by atoms with van der Waals surface area (Å²) in [6.07, 6.45) is 0. The van der Waals surface area contributed by atoms with E-state index < -0.39 is 0 Å². The molecule has 1 heterocycles. The molecule has 0 saturated carbocycles. The quantitative estimate of drug-likeness (QED) is 0.532. The zero-order chi connectivity index (χ0) is 12.1. The highest BCUT2D eigenvalue weighted by Gasteiger charge is 2.13. The van der Waals surface area contributed by atoms with E-state index in [9.17, 15) is 0 Å². The van der Waals surface area contributed by atoms with Crippen LogP contribution in [-0.2, 0) is 18.3 Å². The Morgan fingerprint density at radius 2 is 2.25 bits per heavy atom. The van der Waals surface area contributed by atoms with Crippen LogP contribution in [0.4, 0.5) is 5.82 Å². The molecule has 0 aliphatic heterocycles. The number of hydrogen-bond donors (Lipinski definition) is 2. The molecule has 0 bridgehead atoms. The fraction of sp³-hybridized carbons (Fsp3) is 0.700. The number of nitrogens with zero attached hydrogens (tertiary/aromatic N) is 3. The van der Waals surface area contributed by atoms with Crippen molar-refractivity contribution >= 4 is 5.82 Å². The van der Waals surface area contributed by atoms with Crippen LogP contribution in [0.3, 0.4) is 0 Å². The number of likely N-dealkylation sites (N-methyl/N-ethyl adjacent to an activating group) is 1. The molecule has 0 unspecified atom stereocenters. The highest BCUT2D eigenvalue weighted by molar-refractivity contribution is 5.46. The van der Waals surface area contributed by atoms with Crippen LogP contribution in [0.25, 0.3) is 0 Å². The topological polar surface area (TPSA) is 68.3 Å². The van der Waals surface area contributed by atoms with Gasteiger partial charge in [-0.1, -0.05) is 0 Å². The normalized spacial score (nSPS) is 11.1. The summed E-state index contributed by atoms with van der Waals surface area (Å²) in [5, 5.41) is 4.33. The van der Waals surface area contributed by atoms with Gasteiger partial charge in [0.1, 0.15) is 5.82 Å². The zero-order valence-electron chi connectivity index (χ0n) is 10.4. The fourth-order valence-corrected chi connectivity index (χ4v) is 1.67. The molecule has 92 valence electrons. The molecule has 16 heavy (non-hydrogen) atoms. The number of rotatable bonds is 6. The minimum Gasteiger partial charge on any atom is -0.383 e. The third-order valence-electron chi connectivity index (χ3n) is 2.59. The van der Waals surface area contributed by atoms with Gasteiger partial charge in [0.15, 0.2) is 0 Å². The molecule has 1 aromatic heterocycles. The van der Waals surface area contributed by atoms with Gasteiger partial charge in [-0.3, -0.25) is 9.58 Å². The largest absolute Gasteiger partial charge is 0.383 e. The van der Waals surface area contributed by atoms with E-state index in [-0.39, 0.29) is 0 Å². The number of methoxy groups -OCH3 is 1. The first-order chi connectivity index (χ1) is 7.60. The lowest BCUT2D eigenvalue weighted by Gasteiger charge is -2.16. The second-order valence-corrected chi connectivity index (χ2v) is 3.91. The molecule has 0 aliphatic carbocycles. The van der Waals surface area contributed by atoms with E-state index in [1.807, 2.05) is 21.0 Å². The Kier molecular flexibility index (Phi) is 4.72. The molecule has 0 aromatic carbocycles. The Morgan fingerprint density at radius 3 is 2.81 bits per heavy atom. The van der Waals surface area contributed by atoms with Crippen LogP contribution in [0.2, 0.25) is 0 Å². The lowest BCUT2D eigenvalue weighted by atomic mass is 10.2. The van der Waals surface area contributed by atoms with Crippen LogP contribution >= 0.6 is 0 Å². The van der Waals surface area contributed by atoms with Gasteiger partial charge in [0, 0.05) is 32.8 Å². The Labute approximate surface area is 96.3 Å². The van der Waals surface area contributed by atoms with Crippen LogP contribution in [0.1, 0.15) is 11.3 Å². The Bertz CT molecular complexity index is 336. The van der Waals surface area contributed by atoms with Gasteiger partial charge in [0.2, 0.25) is 0 Å². The number of nitrogens with two attached hydrogens (primary N) is 1. The van der Waals surface area contributed by atoms with E-state index >= 15 is 0 Å². The first kappa shape index (κ1) is 13.0. The van der Waals surface area contributed by atoms with E-state index in [4.69, 9.17) is 10.6 Å².